The predicted octanol–water partition coefficient (Wildman–Crippen LogP) is 0.284. The molecular formula is C14H16N4O3S. The van der Waals surface area contributed by atoms with Crippen LogP contribution >= 0.6 is 0 Å². The number of pyridine rings is 1. The Morgan fingerprint density at radius 2 is 1.86 bits per heavy atom. The van der Waals surface area contributed by atoms with Crippen molar-refractivity contribution >= 4 is 21.7 Å². The van der Waals surface area contributed by atoms with Crippen molar-refractivity contribution < 1.29 is 13.2 Å². The van der Waals surface area contributed by atoms with Crippen LogP contribution in [0.3, 0.4) is 0 Å². The highest BCUT2D eigenvalue weighted by molar-refractivity contribution is 7.89. The molecule has 1 heterocycles. The first-order chi connectivity index (χ1) is 10.4. The number of nitrogens with one attached hydrogen (secondary N) is 1. The first-order valence-corrected chi connectivity index (χ1v) is 8.03. The van der Waals surface area contributed by atoms with Crippen LogP contribution in [0.4, 0.5) is 5.82 Å². The largest absolute Gasteiger partial charge is 0.383 e. The summed E-state index contributed by atoms with van der Waals surface area (Å²) < 4.78 is 22.3. The van der Waals surface area contributed by atoms with E-state index in [9.17, 15) is 13.2 Å². The summed E-state index contributed by atoms with van der Waals surface area (Å²) in [5, 5.41) is 7.75. The maximum absolute atomic E-state index is 11.9. The Morgan fingerprint density at radius 3 is 2.45 bits per heavy atom. The summed E-state index contributed by atoms with van der Waals surface area (Å²) in [5.41, 5.74) is 6.83. The summed E-state index contributed by atoms with van der Waals surface area (Å²) in [6.45, 7) is 0.391. The zero-order chi connectivity index (χ0) is 16.2. The second-order valence-electron chi connectivity index (χ2n) is 4.63. The van der Waals surface area contributed by atoms with Crippen molar-refractivity contribution in [1.82, 2.24) is 10.3 Å². The predicted molar refractivity (Wildman–Crippen MR) is 82.5 cm³/mol. The molecule has 2 rings (SSSR count). The molecule has 0 aliphatic rings. The van der Waals surface area contributed by atoms with Crippen molar-refractivity contribution in [3.63, 3.8) is 0 Å². The summed E-state index contributed by atoms with van der Waals surface area (Å²) in [5.74, 6) is -0.121. The van der Waals surface area contributed by atoms with Crippen molar-refractivity contribution in [3.05, 3.63) is 53.7 Å². The van der Waals surface area contributed by atoms with Crippen molar-refractivity contribution in [2.24, 2.45) is 5.14 Å². The van der Waals surface area contributed by atoms with Gasteiger partial charge in [0.25, 0.3) is 5.91 Å². The molecule has 0 aliphatic heterocycles. The maximum atomic E-state index is 11.9. The lowest BCUT2D eigenvalue weighted by molar-refractivity contribution is 0.0954. The fourth-order valence-electron chi connectivity index (χ4n) is 1.87. The third kappa shape index (κ3) is 4.03. The van der Waals surface area contributed by atoms with Crippen LogP contribution in [-0.2, 0) is 16.4 Å². The highest BCUT2D eigenvalue weighted by Gasteiger charge is 2.09. The Labute approximate surface area is 128 Å². The molecule has 1 aromatic heterocycles. The average Bonchev–Trinajstić information content (AvgIpc) is 2.47. The van der Waals surface area contributed by atoms with E-state index in [2.05, 4.69) is 10.3 Å². The van der Waals surface area contributed by atoms with Gasteiger partial charge in [-0.1, -0.05) is 12.1 Å². The van der Waals surface area contributed by atoms with E-state index in [4.69, 9.17) is 10.9 Å². The lowest BCUT2D eigenvalue weighted by Gasteiger charge is -2.07. The van der Waals surface area contributed by atoms with E-state index in [1.54, 1.807) is 24.3 Å². The maximum Gasteiger partial charge on any atom is 0.255 e. The Kier molecular flexibility index (Phi) is 4.74. The molecule has 2 aromatic rings. The quantitative estimate of drug-likeness (QED) is 0.729. The fraction of sp³-hybridized carbons (Fsp3) is 0.143. The number of rotatable bonds is 5. The van der Waals surface area contributed by atoms with Crippen LogP contribution in [0.2, 0.25) is 0 Å². The molecule has 0 radical (unpaired) electrons. The van der Waals surface area contributed by atoms with Gasteiger partial charge in [-0.3, -0.25) is 4.79 Å². The van der Waals surface area contributed by atoms with E-state index < -0.39 is 10.0 Å². The van der Waals surface area contributed by atoms with E-state index >= 15 is 0 Å². The molecule has 0 saturated heterocycles. The minimum absolute atomic E-state index is 0.0587. The molecule has 5 N–H and O–H groups in total. The molecule has 7 nitrogen and oxygen atoms in total. The number of aromatic nitrogens is 1. The van der Waals surface area contributed by atoms with E-state index in [1.165, 1.54) is 18.3 Å². The first kappa shape index (κ1) is 15.9. The summed E-state index contributed by atoms with van der Waals surface area (Å²) in [7, 11) is -3.68. The van der Waals surface area contributed by atoms with Gasteiger partial charge in [0.1, 0.15) is 5.82 Å². The van der Waals surface area contributed by atoms with Crippen LogP contribution in [0.5, 0.6) is 0 Å². The molecule has 0 bridgehead atoms. The van der Waals surface area contributed by atoms with Crippen LogP contribution in [0.15, 0.2) is 47.5 Å². The molecule has 0 atom stereocenters. The number of carbonyl (C=O) groups is 1. The van der Waals surface area contributed by atoms with Gasteiger partial charge >= 0.3 is 0 Å². The number of anilines is 1. The van der Waals surface area contributed by atoms with Crippen molar-refractivity contribution in [2.45, 2.75) is 11.3 Å². The lowest BCUT2D eigenvalue weighted by Crippen LogP contribution is -2.26. The second-order valence-corrected chi connectivity index (χ2v) is 6.19. The van der Waals surface area contributed by atoms with Gasteiger partial charge in [0.05, 0.1) is 10.5 Å². The molecule has 8 heteroatoms. The molecule has 0 spiro atoms. The van der Waals surface area contributed by atoms with Gasteiger partial charge in [-0.25, -0.2) is 18.5 Å². The molecule has 116 valence electrons. The SMILES string of the molecule is Nc1ncccc1C(=O)NCCc1ccc(S(N)(=O)=O)cc1. The Hall–Kier alpha value is -2.45. The standard InChI is InChI=1S/C14H16N4O3S/c15-13-12(2-1-8-17-13)14(19)18-9-7-10-3-5-11(6-4-10)22(16,20)21/h1-6,8H,7,9H2,(H2,15,17)(H,18,19)(H2,16,20,21). The van der Waals surface area contributed by atoms with E-state index in [-0.39, 0.29) is 16.6 Å². The Balaban J connectivity index is 1.92. The number of amides is 1. The smallest absolute Gasteiger partial charge is 0.255 e. The van der Waals surface area contributed by atoms with Gasteiger partial charge in [0, 0.05) is 12.7 Å². The average molecular weight is 320 g/mol. The minimum atomic E-state index is -3.68. The van der Waals surface area contributed by atoms with Gasteiger partial charge < -0.3 is 11.1 Å². The highest BCUT2D eigenvalue weighted by atomic mass is 32.2. The molecule has 22 heavy (non-hydrogen) atoms. The van der Waals surface area contributed by atoms with Crippen LogP contribution in [0.25, 0.3) is 0 Å². The number of nitrogens with two attached hydrogens (primary N) is 2. The molecule has 0 unspecified atom stereocenters. The van der Waals surface area contributed by atoms with Crippen LogP contribution in [-0.4, -0.2) is 25.9 Å². The monoisotopic (exact) mass is 320 g/mol. The van der Waals surface area contributed by atoms with Crippen LogP contribution in [0.1, 0.15) is 15.9 Å². The fourth-order valence-corrected chi connectivity index (χ4v) is 2.39. The number of sulfonamides is 1. The topological polar surface area (TPSA) is 128 Å². The van der Waals surface area contributed by atoms with E-state index in [1.807, 2.05) is 0 Å². The molecule has 1 amide bonds. The second kappa shape index (κ2) is 6.54. The van der Waals surface area contributed by atoms with Crippen LogP contribution in [0, 0.1) is 0 Å². The van der Waals surface area contributed by atoms with Crippen LogP contribution < -0.4 is 16.2 Å². The van der Waals surface area contributed by atoms with Gasteiger partial charge in [-0.15, -0.1) is 0 Å². The van der Waals surface area contributed by atoms with Gasteiger partial charge in [0.15, 0.2) is 0 Å². The number of hydrogen-bond donors (Lipinski definition) is 3. The Bertz CT molecular complexity index is 773. The lowest BCUT2D eigenvalue weighted by atomic mass is 10.1. The van der Waals surface area contributed by atoms with E-state index in [0.717, 1.165) is 5.56 Å². The molecule has 0 fully saturated rings. The summed E-state index contributed by atoms with van der Waals surface area (Å²) in [4.78, 5) is 15.8. The number of hydrogen-bond acceptors (Lipinski definition) is 5. The number of nitrogens with zero attached hydrogens (tertiary/aromatic N) is 1. The highest BCUT2D eigenvalue weighted by Crippen LogP contribution is 2.09. The molecule has 1 aromatic carbocycles. The number of carbonyl (C=O) groups excluding carboxylic acids is 1. The van der Waals surface area contributed by atoms with Gasteiger partial charge in [-0.2, -0.15) is 0 Å². The summed E-state index contributed by atoms with van der Waals surface area (Å²) in [6, 6.07) is 9.42. The zero-order valence-corrected chi connectivity index (χ0v) is 12.5. The molecule has 0 aliphatic carbocycles. The van der Waals surface area contributed by atoms with Gasteiger partial charge in [0.2, 0.25) is 10.0 Å². The van der Waals surface area contributed by atoms with Crippen molar-refractivity contribution in [1.29, 1.82) is 0 Å². The minimum Gasteiger partial charge on any atom is -0.383 e. The molecular weight excluding hydrogens is 304 g/mol. The van der Waals surface area contributed by atoms with E-state index in [0.29, 0.717) is 18.5 Å². The van der Waals surface area contributed by atoms with Gasteiger partial charge in [-0.05, 0) is 36.2 Å². The number of primary sulfonamides is 1. The summed E-state index contributed by atoms with van der Waals surface area (Å²) >= 11 is 0. The van der Waals surface area contributed by atoms with Crippen molar-refractivity contribution in [2.75, 3.05) is 12.3 Å². The third-order valence-corrected chi connectivity index (χ3v) is 3.96. The Morgan fingerprint density at radius 1 is 1.18 bits per heavy atom. The summed E-state index contributed by atoms with van der Waals surface area (Å²) in [6.07, 6.45) is 2.07. The third-order valence-electron chi connectivity index (χ3n) is 3.03. The molecule has 0 saturated carbocycles. The first-order valence-electron chi connectivity index (χ1n) is 6.48. The number of benzene rings is 1. The van der Waals surface area contributed by atoms with Crippen molar-refractivity contribution in [3.8, 4) is 0 Å². The zero-order valence-electron chi connectivity index (χ0n) is 11.7. The number of nitrogen functional groups attached to an aromatic ring is 1. The normalized spacial score (nSPS) is 11.1.